The van der Waals surface area contributed by atoms with Crippen LogP contribution in [0.25, 0.3) is 0 Å². The van der Waals surface area contributed by atoms with E-state index in [1.165, 1.54) is 29.2 Å². The molecule has 6 nitrogen and oxygen atoms in total. The van der Waals surface area contributed by atoms with Gasteiger partial charge in [0.15, 0.2) is 9.84 Å². The van der Waals surface area contributed by atoms with Crippen LogP contribution < -0.4 is 0 Å². The van der Waals surface area contributed by atoms with Crippen molar-refractivity contribution in [2.24, 2.45) is 0 Å². The molecule has 0 unspecified atom stereocenters. The van der Waals surface area contributed by atoms with E-state index in [2.05, 4.69) is 0 Å². The molecule has 0 radical (unpaired) electrons. The number of aliphatic carboxylic acids is 1. The van der Waals surface area contributed by atoms with Gasteiger partial charge in [-0.2, -0.15) is 0 Å². The predicted molar refractivity (Wildman–Crippen MR) is 78.0 cm³/mol. The van der Waals surface area contributed by atoms with Crippen LogP contribution in [0.2, 0.25) is 0 Å². The summed E-state index contributed by atoms with van der Waals surface area (Å²) in [5, 5.41) is 8.21. The Labute approximate surface area is 124 Å². The minimum absolute atomic E-state index is 0.148. The summed E-state index contributed by atoms with van der Waals surface area (Å²) in [6, 6.07) is 5.55. The Hall–Kier alpha value is -1.89. The van der Waals surface area contributed by atoms with Gasteiger partial charge in [0.1, 0.15) is 6.54 Å². The first kappa shape index (κ1) is 17.2. The Kier molecular flexibility index (Phi) is 5.48. The number of carbonyl (C=O) groups is 2. The fourth-order valence-corrected chi connectivity index (χ4v) is 2.79. The molecule has 21 heavy (non-hydrogen) atoms. The van der Waals surface area contributed by atoms with Gasteiger partial charge in [-0.1, -0.05) is 0 Å². The van der Waals surface area contributed by atoms with Crippen LogP contribution in [0.5, 0.6) is 0 Å². The molecule has 1 rings (SSSR count). The van der Waals surface area contributed by atoms with Crippen molar-refractivity contribution in [3.8, 4) is 0 Å². The lowest BCUT2D eigenvalue weighted by Crippen LogP contribution is -2.35. The van der Waals surface area contributed by atoms with Gasteiger partial charge < -0.3 is 10.0 Å². The van der Waals surface area contributed by atoms with Crippen molar-refractivity contribution < 1.29 is 23.1 Å². The highest BCUT2D eigenvalue weighted by Crippen LogP contribution is 2.17. The molecule has 1 aromatic rings. The Morgan fingerprint density at radius 2 is 1.71 bits per heavy atom. The van der Waals surface area contributed by atoms with E-state index >= 15 is 0 Å². The van der Waals surface area contributed by atoms with Crippen LogP contribution >= 0.6 is 0 Å². The molecule has 0 atom stereocenters. The second kappa shape index (κ2) is 6.71. The van der Waals surface area contributed by atoms with Crippen LogP contribution in [-0.4, -0.2) is 48.6 Å². The number of likely N-dealkylation sites (N-methyl/N-ethyl adjacent to an activating group) is 1. The summed E-state index contributed by atoms with van der Waals surface area (Å²) in [5.74, 6) is -1.53. The van der Waals surface area contributed by atoms with Gasteiger partial charge in [-0.25, -0.2) is 8.42 Å². The summed E-state index contributed by atoms with van der Waals surface area (Å²) in [4.78, 5) is 24.1. The average molecular weight is 313 g/mol. The standard InChI is InChI=1S/C14H19NO5S/c1-4-15(9-13(16)17)14(18)11-5-7-12(8-6-11)21(19,20)10(2)3/h5-8,10H,4,9H2,1-3H3,(H,16,17). The smallest absolute Gasteiger partial charge is 0.323 e. The summed E-state index contributed by atoms with van der Waals surface area (Å²) >= 11 is 0. The van der Waals surface area contributed by atoms with Gasteiger partial charge >= 0.3 is 5.97 Å². The fourth-order valence-electron chi connectivity index (χ4n) is 1.73. The monoisotopic (exact) mass is 313 g/mol. The third-order valence-corrected chi connectivity index (χ3v) is 5.22. The van der Waals surface area contributed by atoms with E-state index in [0.29, 0.717) is 0 Å². The molecule has 0 spiro atoms. The second-order valence-corrected chi connectivity index (χ2v) is 7.34. The zero-order valence-electron chi connectivity index (χ0n) is 12.2. The van der Waals surface area contributed by atoms with Crippen LogP contribution in [0.4, 0.5) is 0 Å². The average Bonchev–Trinajstić information content (AvgIpc) is 2.43. The molecule has 1 N–H and O–H groups in total. The molecule has 0 bridgehead atoms. The van der Waals surface area contributed by atoms with E-state index in [-0.39, 0.29) is 23.5 Å². The zero-order valence-corrected chi connectivity index (χ0v) is 13.1. The summed E-state index contributed by atoms with van der Waals surface area (Å²) < 4.78 is 24.0. The number of hydrogen-bond acceptors (Lipinski definition) is 4. The molecule has 0 saturated carbocycles. The molecule has 0 aliphatic rings. The van der Waals surface area contributed by atoms with Crippen molar-refractivity contribution in [2.75, 3.05) is 13.1 Å². The van der Waals surface area contributed by atoms with E-state index in [0.717, 1.165) is 0 Å². The maximum atomic E-state index is 12.1. The summed E-state index contributed by atoms with van der Waals surface area (Å²) in [6.45, 7) is 4.72. The van der Waals surface area contributed by atoms with Gasteiger partial charge in [-0.05, 0) is 45.0 Å². The number of rotatable bonds is 6. The highest BCUT2D eigenvalue weighted by Gasteiger charge is 2.21. The molecule has 0 aromatic heterocycles. The number of hydrogen-bond donors (Lipinski definition) is 1. The molecule has 1 amide bonds. The van der Waals surface area contributed by atoms with Crippen molar-refractivity contribution in [1.82, 2.24) is 4.90 Å². The normalized spacial score (nSPS) is 11.4. The summed E-state index contributed by atoms with van der Waals surface area (Å²) in [6.07, 6.45) is 0. The van der Waals surface area contributed by atoms with Gasteiger partial charge in [-0.15, -0.1) is 0 Å². The first-order valence-electron chi connectivity index (χ1n) is 6.55. The van der Waals surface area contributed by atoms with Crippen molar-refractivity contribution in [3.05, 3.63) is 29.8 Å². The zero-order chi connectivity index (χ0) is 16.2. The van der Waals surface area contributed by atoms with Crippen LogP contribution in [-0.2, 0) is 14.6 Å². The quantitative estimate of drug-likeness (QED) is 0.857. The highest BCUT2D eigenvalue weighted by atomic mass is 32.2. The van der Waals surface area contributed by atoms with Crippen LogP contribution in [0, 0.1) is 0 Å². The lowest BCUT2D eigenvalue weighted by molar-refractivity contribution is -0.137. The number of sulfone groups is 1. The molecule has 0 aliphatic carbocycles. The third kappa shape index (κ3) is 4.04. The van der Waals surface area contributed by atoms with Gasteiger partial charge in [0.2, 0.25) is 0 Å². The topological polar surface area (TPSA) is 91.8 Å². The van der Waals surface area contributed by atoms with E-state index < -0.39 is 27.0 Å². The largest absolute Gasteiger partial charge is 0.480 e. The van der Waals surface area contributed by atoms with Crippen molar-refractivity contribution in [3.63, 3.8) is 0 Å². The molecule has 7 heteroatoms. The maximum absolute atomic E-state index is 12.1. The van der Waals surface area contributed by atoms with Crippen LogP contribution in [0.3, 0.4) is 0 Å². The number of carboxylic acid groups (broad SMARTS) is 1. The van der Waals surface area contributed by atoms with Crippen molar-refractivity contribution >= 4 is 21.7 Å². The van der Waals surface area contributed by atoms with E-state index in [9.17, 15) is 18.0 Å². The second-order valence-electron chi connectivity index (χ2n) is 4.83. The molecule has 0 aliphatic heterocycles. The summed E-state index contributed by atoms with van der Waals surface area (Å²) in [7, 11) is -3.38. The van der Waals surface area contributed by atoms with Gasteiger partial charge in [0.25, 0.3) is 5.91 Å². The van der Waals surface area contributed by atoms with Gasteiger partial charge in [-0.3, -0.25) is 9.59 Å². The van der Waals surface area contributed by atoms with Crippen LogP contribution in [0.1, 0.15) is 31.1 Å². The van der Waals surface area contributed by atoms with Crippen molar-refractivity contribution in [2.45, 2.75) is 30.9 Å². The maximum Gasteiger partial charge on any atom is 0.323 e. The number of carboxylic acids is 1. The van der Waals surface area contributed by atoms with Gasteiger partial charge in [0.05, 0.1) is 10.1 Å². The predicted octanol–water partition coefficient (Wildman–Crippen LogP) is 1.42. The number of carbonyl (C=O) groups excluding carboxylic acids is 1. The number of amides is 1. The molecule has 1 aromatic carbocycles. The van der Waals surface area contributed by atoms with Gasteiger partial charge in [0, 0.05) is 12.1 Å². The van der Waals surface area contributed by atoms with Crippen LogP contribution in [0.15, 0.2) is 29.2 Å². The SMILES string of the molecule is CCN(CC(=O)O)C(=O)c1ccc(S(=O)(=O)C(C)C)cc1. The number of benzene rings is 1. The highest BCUT2D eigenvalue weighted by molar-refractivity contribution is 7.92. The lowest BCUT2D eigenvalue weighted by atomic mass is 10.2. The Bertz CT molecular complexity index is 619. The molecule has 116 valence electrons. The molecular formula is C14H19NO5S. The van der Waals surface area contributed by atoms with Crippen molar-refractivity contribution in [1.29, 1.82) is 0 Å². The van der Waals surface area contributed by atoms with E-state index in [1.807, 2.05) is 0 Å². The fraction of sp³-hybridized carbons (Fsp3) is 0.429. The molecule has 0 fully saturated rings. The number of nitrogens with zero attached hydrogens (tertiary/aromatic N) is 1. The Morgan fingerprint density at radius 1 is 1.19 bits per heavy atom. The molecule has 0 heterocycles. The first-order chi connectivity index (χ1) is 9.70. The lowest BCUT2D eigenvalue weighted by Gasteiger charge is -2.18. The summed E-state index contributed by atoms with van der Waals surface area (Å²) in [5.41, 5.74) is 0.265. The Morgan fingerprint density at radius 3 is 2.10 bits per heavy atom. The van der Waals surface area contributed by atoms with E-state index in [1.54, 1.807) is 20.8 Å². The minimum atomic E-state index is -3.38. The molecular weight excluding hydrogens is 294 g/mol. The first-order valence-corrected chi connectivity index (χ1v) is 8.09. The third-order valence-electron chi connectivity index (χ3n) is 3.05. The van der Waals surface area contributed by atoms with E-state index in [4.69, 9.17) is 5.11 Å². The Balaban J connectivity index is 3.02. The molecule has 0 saturated heterocycles. The minimum Gasteiger partial charge on any atom is -0.480 e.